The van der Waals surface area contributed by atoms with Gasteiger partial charge in [-0.1, -0.05) is 44.4 Å². The average Bonchev–Trinajstić information content (AvgIpc) is 2.07. The SMILES string of the molecule is CCOc1cc(OC)ccc1CNCC(=O)N1CCCC(c2cccc(C(=O)N[C@H](C(=O)NCCOCCOCCOCCOCCNC(=O)c3ccc(N4CCN(Cc5cnc6cc(CC)c(=O)[nH]c6c5)CC4)cn3)C3CCCCC3)c2)C1.[HH].[HH].[HH].[HH].[HH]. The zero-order valence-corrected chi connectivity index (χ0v) is 49.3. The van der Waals surface area contributed by atoms with E-state index in [9.17, 15) is 24.0 Å². The summed E-state index contributed by atoms with van der Waals surface area (Å²) in [5.41, 5.74) is 7.06. The van der Waals surface area contributed by atoms with Gasteiger partial charge in [0.15, 0.2) is 0 Å². The Balaban J connectivity index is 0.00000414. The minimum Gasteiger partial charge on any atom is -0.497 e. The number of H-pyrrole nitrogens is 1. The lowest BCUT2D eigenvalue weighted by Gasteiger charge is -2.36. The number of piperidine rings is 1. The maximum absolute atomic E-state index is 13.9. The van der Waals surface area contributed by atoms with Gasteiger partial charge in [-0.3, -0.25) is 33.9 Å². The maximum Gasteiger partial charge on any atom is 0.269 e. The molecule has 5 aromatic rings. The molecule has 2 atom stereocenters. The Labute approximate surface area is 500 Å². The van der Waals surface area contributed by atoms with Crippen molar-refractivity contribution in [3.05, 3.63) is 123 Å². The minimum absolute atomic E-state index is 0. The van der Waals surface area contributed by atoms with E-state index in [0.717, 1.165) is 122 Å². The third kappa shape index (κ3) is 19.0. The molecule has 21 heteroatoms. The lowest BCUT2D eigenvalue weighted by molar-refractivity contribution is -0.131. The summed E-state index contributed by atoms with van der Waals surface area (Å²) in [5.74, 6) is 0.829. The van der Waals surface area contributed by atoms with Crippen LogP contribution in [0.3, 0.4) is 0 Å². The normalized spacial score (nSPS) is 16.3. The number of nitrogens with zero attached hydrogens (tertiary/aromatic N) is 5. The zero-order chi connectivity index (χ0) is 58.9. The first kappa shape index (κ1) is 63.0. The first-order valence-electron chi connectivity index (χ1n) is 30.1. The molecule has 4 amide bonds. The highest BCUT2D eigenvalue weighted by molar-refractivity contribution is 5.98. The molecule has 84 heavy (non-hydrogen) atoms. The molecule has 464 valence electrons. The number of hydrogen-bond donors (Lipinski definition) is 5. The van der Waals surface area contributed by atoms with Crippen LogP contribution >= 0.6 is 0 Å². The number of rotatable bonds is 32. The van der Waals surface area contributed by atoms with Crippen LogP contribution in [0.1, 0.15) is 115 Å². The van der Waals surface area contributed by atoms with Gasteiger partial charge in [0.1, 0.15) is 23.2 Å². The fraction of sp³-hybridized carbons (Fsp3) is 0.540. The number of aromatic nitrogens is 3. The van der Waals surface area contributed by atoms with Crippen molar-refractivity contribution in [2.45, 2.75) is 90.3 Å². The molecular weight excluding hydrogens is 1070 g/mol. The summed E-state index contributed by atoms with van der Waals surface area (Å²) < 4.78 is 33.8. The number of fused-ring (bicyclic) bond motifs is 1. The first-order valence-corrected chi connectivity index (χ1v) is 30.1. The smallest absolute Gasteiger partial charge is 0.269 e. The van der Waals surface area contributed by atoms with Crippen LogP contribution in [0.2, 0.25) is 0 Å². The molecule has 2 saturated heterocycles. The molecule has 2 aliphatic heterocycles. The second-order valence-corrected chi connectivity index (χ2v) is 21.6. The first-order chi connectivity index (χ1) is 41.1. The van der Waals surface area contributed by atoms with Gasteiger partial charge in [-0.05, 0) is 98.5 Å². The third-order valence-electron chi connectivity index (χ3n) is 15.8. The summed E-state index contributed by atoms with van der Waals surface area (Å²) in [6.45, 7) is 14.0. The molecule has 2 aromatic carbocycles. The Bertz CT molecular complexity index is 2980. The van der Waals surface area contributed by atoms with Crippen molar-refractivity contribution in [2.75, 3.05) is 130 Å². The van der Waals surface area contributed by atoms with Crippen molar-refractivity contribution >= 4 is 40.3 Å². The molecule has 0 radical (unpaired) electrons. The van der Waals surface area contributed by atoms with Gasteiger partial charge < -0.3 is 64.5 Å². The second-order valence-electron chi connectivity index (χ2n) is 21.6. The van der Waals surface area contributed by atoms with E-state index in [-0.39, 0.29) is 54.7 Å². The fourth-order valence-electron chi connectivity index (χ4n) is 11.1. The van der Waals surface area contributed by atoms with Crippen molar-refractivity contribution in [1.29, 1.82) is 0 Å². The van der Waals surface area contributed by atoms with E-state index in [1.807, 2.05) is 79.5 Å². The lowest BCUT2D eigenvalue weighted by atomic mass is 9.83. The number of methoxy groups -OCH3 is 1. The summed E-state index contributed by atoms with van der Waals surface area (Å²) in [6, 6.07) is 20.2. The van der Waals surface area contributed by atoms with Crippen molar-refractivity contribution in [3.63, 3.8) is 0 Å². The Kier molecular flexibility index (Phi) is 25.1. The fourth-order valence-corrected chi connectivity index (χ4v) is 11.1. The van der Waals surface area contributed by atoms with Gasteiger partial charge in [0, 0.05) is 107 Å². The number of likely N-dealkylation sites (tertiary alicyclic amines) is 1. The predicted octanol–water partition coefficient (Wildman–Crippen LogP) is 6.63. The number of carbonyl (C=O) groups is 4. The molecule has 3 fully saturated rings. The van der Waals surface area contributed by atoms with Crippen LogP contribution in [-0.4, -0.2) is 180 Å². The summed E-state index contributed by atoms with van der Waals surface area (Å²) in [7, 11) is 1.62. The number of nitrogens with one attached hydrogen (secondary N) is 5. The number of hydrogen-bond acceptors (Lipinski definition) is 16. The number of carbonyl (C=O) groups excluding carboxylic acids is 4. The summed E-state index contributed by atoms with van der Waals surface area (Å²) in [5, 5.41) is 12.2. The number of aryl methyl sites for hydroxylation is 1. The van der Waals surface area contributed by atoms with Crippen LogP contribution in [0, 0.1) is 5.92 Å². The van der Waals surface area contributed by atoms with Gasteiger partial charge in [0.2, 0.25) is 11.8 Å². The van der Waals surface area contributed by atoms with Gasteiger partial charge in [0.05, 0.1) is 96.0 Å². The van der Waals surface area contributed by atoms with Gasteiger partial charge in [0.25, 0.3) is 17.4 Å². The van der Waals surface area contributed by atoms with Gasteiger partial charge >= 0.3 is 0 Å². The van der Waals surface area contributed by atoms with Crippen LogP contribution < -0.4 is 41.2 Å². The monoisotopic (exact) mass is 1170 g/mol. The van der Waals surface area contributed by atoms with E-state index in [0.29, 0.717) is 116 Å². The molecule has 1 aliphatic carbocycles. The molecule has 1 saturated carbocycles. The number of piperazine rings is 1. The minimum atomic E-state index is -0.667. The lowest BCUT2D eigenvalue weighted by Crippen LogP contribution is -2.52. The standard InChI is InChI=1S/C63H86N10O11.5H2/c1-4-46-37-55-56(69-60(46)75)35-45(39-67-55)43-71-23-25-72(26-24-71)52-17-19-54(68-41-52)62(77)65-20-27-80-29-31-82-33-34-83-32-30-81-28-21-66-63(78)59(47-11-7-6-8-12-47)70-61(76)49-14-9-13-48(36-49)51-15-10-22-73(44-51)58(74)42-64-40-50-16-18-53(79-3)38-57(50)84-5-2;;;;;/h9,13-14,16-19,35-39,41,47,51,59,64H,4-8,10-12,15,20-34,40,42-44H2,1-3H3,(H,65,77)(H,66,78)(H,69,75)(H,70,76);5*1H/t51?,59-;;;;;/m0...../s1. The predicted molar refractivity (Wildman–Crippen MR) is 331 cm³/mol. The van der Waals surface area contributed by atoms with Gasteiger partial charge in [-0.15, -0.1) is 0 Å². The Morgan fingerprint density at radius 1 is 0.738 bits per heavy atom. The van der Waals surface area contributed by atoms with E-state index >= 15 is 0 Å². The highest BCUT2D eigenvalue weighted by Crippen LogP contribution is 2.30. The van der Waals surface area contributed by atoms with E-state index in [1.54, 1.807) is 25.4 Å². The van der Waals surface area contributed by atoms with Crippen molar-refractivity contribution < 1.29 is 54.7 Å². The van der Waals surface area contributed by atoms with Gasteiger partial charge in [-0.2, -0.15) is 0 Å². The molecule has 5 N–H and O–H groups in total. The number of benzene rings is 2. The summed E-state index contributed by atoms with van der Waals surface area (Å²) in [4.78, 5) is 84.5. The number of aromatic amines is 1. The molecule has 3 aromatic heterocycles. The van der Waals surface area contributed by atoms with E-state index in [1.165, 1.54) is 0 Å². The highest BCUT2D eigenvalue weighted by atomic mass is 16.6. The Morgan fingerprint density at radius 3 is 2.18 bits per heavy atom. The van der Waals surface area contributed by atoms with Crippen molar-refractivity contribution in [1.82, 2.24) is 46.0 Å². The highest BCUT2D eigenvalue weighted by Gasteiger charge is 2.32. The number of amides is 4. The van der Waals surface area contributed by atoms with Crippen LogP contribution in [-0.2, 0) is 48.0 Å². The van der Waals surface area contributed by atoms with Crippen molar-refractivity contribution in [3.8, 4) is 11.5 Å². The Hall–Kier alpha value is -7.01. The molecule has 1 unspecified atom stereocenters. The molecule has 0 spiro atoms. The second kappa shape index (κ2) is 33.5. The molecule has 0 bridgehead atoms. The summed E-state index contributed by atoms with van der Waals surface area (Å²) in [6.07, 6.45) is 11.0. The number of anilines is 1. The number of ether oxygens (including phenoxy) is 6. The molecule has 3 aliphatic rings. The van der Waals surface area contributed by atoms with E-state index in [2.05, 4.69) is 46.0 Å². The Morgan fingerprint density at radius 2 is 1.48 bits per heavy atom. The molecule has 5 heterocycles. The van der Waals surface area contributed by atoms with E-state index in [4.69, 9.17) is 28.4 Å². The topological polar surface area (TPSA) is 240 Å². The molecule has 21 nitrogen and oxygen atoms in total. The maximum atomic E-state index is 13.9. The van der Waals surface area contributed by atoms with Crippen LogP contribution in [0.15, 0.2) is 83.9 Å². The summed E-state index contributed by atoms with van der Waals surface area (Å²) >= 11 is 0. The van der Waals surface area contributed by atoms with Crippen LogP contribution in [0.25, 0.3) is 11.0 Å². The zero-order valence-electron chi connectivity index (χ0n) is 49.3. The third-order valence-corrected chi connectivity index (χ3v) is 15.8. The van der Waals surface area contributed by atoms with E-state index < -0.39 is 6.04 Å². The molecule has 8 rings (SSSR count). The number of pyridine rings is 3. The van der Waals surface area contributed by atoms with Gasteiger partial charge in [-0.25, -0.2) is 4.98 Å². The van der Waals surface area contributed by atoms with Crippen LogP contribution in [0.4, 0.5) is 5.69 Å². The van der Waals surface area contributed by atoms with Crippen molar-refractivity contribution in [2.24, 2.45) is 5.92 Å². The van der Waals surface area contributed by atoms with Crippen LogP contribution in [0.5, 0.6) is 11.5 Å². The molecular formula is C63H96N10O11. The average molecular weight is 1170 g/mol. The quantitative estimate of drug-likeness (QED) is 0.0284. The largest absolute Gasteiger partial charge is 0.497 e.